The summed E-state index contributed by atoms with van der Waals surface area (Å²) in [5, 5.41) is 29.2. The van der Waals surface area contributed by atoms with Gasteiger partial charge in [0.15, 0.2) is 0 Å². The molecule has 0 heterocycles. The maximum absolute atomic E-state index is 10.5. The molecule has 162 valence electrons. The summed E-state index contributed by atoms with van der Waals surface area (Å²) in [6.45, 7) is 4.30. The number of unbranched alkanes of at least 4 members (excludes halogenated alkanes) is 1. The van der Waals surface area contributed by atoms with Crippen molar-refractivity contribution < 1.29 is 24.9 Å². The third kappa shape index (κ3) is 7.32. The van der Waals surface area contributed by atoms with Crippen molar-refractivity contribution in [1.82, 2.24) is 0 Å². The van der Waals surface area contributed by atoms with Crippen LogP contribution in [0.1, 0.15) is 57.6 Å². The van der Waals surface area contributed by atoms with E-state index in [4.69, 9.17) is 21.4 Å². The van der Waals surface area contributed by atoms with Gasteiger partial charge in [-0.1, -0.05) is 38.1 Å². The van der Waals surface area contributed by atoms with E-state index in [-0.39, 0.29) is 29.6 Å². The number of aliphatic hydroxyl groups is 2. The Morgan fingerprint density at radius 1 is 1.31 bits per heavy atom. The molecule has 0 radical (unpaired) electrons. The molecule has 2 rings (SSSR count). The predicted molar refractivity (Wildman–Crippen MR) is 114 cm³/mol. The van der Waals surface area contributed by atoms with Gasteiger partial charge in [0.05, 0.1) is 18.8 Å². The number of hydrogen-bond donors (Lipinski definition) is 3. The molecule has 1 aromatic rings. The zero-order valence-corrected chi connectivity index (χ0v) is 18.0. The van der Waals surface area contributed by atoms with Crippen LogP contribution in [0.3, 0.4) is 0 Å². The van der Waals surface area contributed by atoms with E-state index in [2.05, 4.69) is 0 Å². The third-order valence-electron chi connectivity index (χ3n) is 5.59. The highest BCUT2D eigenvalue weighted by Gasteiger charge is 2.41. The van der Waals surface area contributed by atoms with Crippen LogP contribution in [0.2, 0.25) is 0 Å². The minimum absolute atomic E-state index is 0.0696. The number of ether oxygens (including phenoxy) is 1. The van der Waals surface area contributed by atoms with E-state index < -0.39 is 18.2 Å². The molecule has 1 saturated carbocycles. The number of benzene rings is 1. The van der Waals surface area contributed by atoms with Gasteiger partial charge in [0, 0.05) is 17.7 Å². The first-order valence-electron chi connectivity index (χ1n) is 10.4. The lowest BCUT2D eigenvalue weighted by molar-refractivity contribution is -0.137. The molecular formula is C23H33ClO5. The number of rotatable bonds is 11. The first-order valence-corrected chi connectivity index (χ1v) is 10.8. The van der Waals surface area contributed by atoms with Crippen LogP contribution >= 0.6 is 11.6 Å². The van der Waals surface area contributed by atoms with E-state index >= 15 is 0 Å². The van der Waals surface area contributed by atoms with Crippen molar-refractivity contribution in [3.05, 3.63) is 42.0 Å². The molecule has 0 aliphatic heterocycles. The van der Waals surface area contributed by atoms with Gasteiger partial charge in [0.1, 0.15) is 5.75 Å². The molecule has 3 N–H and O–H groups in total. The lowest BCUT2D eigenvalue weighted by Crippen LogP contribution is -2.27. The van der Waals surface area contributed by atoms with Crippen LogP contribution in [0.4, 0.5) is 0 Å². The van der Waals surface area contributed by atoms with Crippen molar-refractivity contribution in [2.75, 3.05) is 6.61 Å². The average Bonchev–Trinajstić information content (AvgIpc) is 2.94. The number of carboxylic acid groups (broad SMARTS) is 1. The molecule has 1 unspecified atom stereocenters. The molecule has 29 heavy (non-hydrogen) atoms. The molecule has 1 aliphatic rings. The molecule has 6 heteroatoms. The minimum Gasteiger partial charge on any atom is -0.493 e. The third-order valence-corrected chi connectivity index (χ3v) is 6.09. The Morgan fingerprint density at radius 3 is 2.76 bits per heavy atom. The molecule has 0 saturated heterocycles. The van der Waals surface area contributed by atoms with Gasteiger partial charge in [-0.15, -0.1) is 11.6 Å². The van der Waals surface area contributed by atoms with Crippen molar-refractivity contribution >= 4 is 17.6 Å². The average molecular weight is 425 g/mol. The molecule has 0 amide bonds. The fourth-order valence-electron chi connectivity index (χ4n) is 3.80. The molecule has 0 spiro atoms. The van der Waals surface area contributed by atoms with Gasteiger partial charge < -0.3 is 20.1 Å². The van der Waals surface area contributed by atoms with Crippen molar-refractivity contribution in [3.8, 4) is 5.75 Å². The number of carbonyl (C=O) groups is 1. The zero-order chi connectivity index (χ0) is 21.4. The largest absolute Gasteiger partial charge is 0.493 e. The first kappa shape index (κ1) is 23.7. The lowest BCUT2D eigenvalue weighted by atomic mass is 9.92. The second-order valence-corrected chi connectivity index (χ2v) is 8.77. The Kier molecular flexibility index (Phi) is 9.47. The number of alkyl halides is 1. The van der Waals surface area contributed by atoms with E-state index in [1.807, 2.05) is 50.3 Å². The van der Waals surface area contributed by atoms with Crippen LogP contribution in [-0.4, -0.2) is 39.4 Å². The highest BCUT2D eigenvalue weighted by Crippen LogP contribution is 2.39. The Morgan fingerprint density at radius 2 is 2.07 bits per heavy atom. The Hall–Kier alpha value is -1.56. The number of aliphatic carboxylic acids is 1. The van der Waals surface area contributed by atoms with E-state index in [1.165, 1.54) is 0 Å². The standard InChI is InChI=1S/C23H33ClO5/c1-15(2)23(28)16-8-7-9-17(12-16)29-14-19-18(20(24)13-21(19)25)10-5-3-4-6-11-22(26)27/h3,5,7-9,12,15,18-21,23,25,28H,4,6,10-11,13-14H2,1-2H3,(H,26,27)/b5-3-/t18?,19-,20-,21-,23-/m1/s1. The maximum atomic E-state index is 10.5. The molecule has 1 fully saturated rings. The molecule has 1 aromatic carbocycles. The summed E-state index contributed by atoms with van der Waals surface area (Å²) in [5.41, 5.74) is 0.820. The summed E-state index contributed by atoms with van der Waals surface area (Å²) in [4.78, 5) is 10.5. The Balaban J connectivity index is 1.91. The second-order valence-electron chi connectivity index (χ2n) is 8.21. The number of carboxylic acids is 1. The fraction of sp³-hybridized carbons (Fsp3) is 0.609. The van der Waals surface area contributed by atoms with Crippen molar-refractivity contribution in [1.29, 1.82) is 0 Å². The predicted octanol–water partition coefficient (Wildman–Crippen LogP) is 4.56. The van der Waals surface area contributed by atoms with Crippen molar-refractivity contribution in [3.63, 3.8) is 0 Å². The summed E-state index contributed by atoms with van der Waals surface area (Å²) < 4.78 is 5.96. The van der Waals surface area contributed by atoms with Crippen LogP contribution in [-0.2, 0) is 4.79 Å². The fourth-order valence-corrected chi connectivity index (χ4v) is 4.27. The van der Waals surface area contributed by atoms with Crippen LogP contribution in [0.25, 0.3) is 0 Å². The van der Waals surface area contributed by atoms with Gasteiger partial charge in [0.25, 0.3) is 0 Å². The summed E-state index contributed by atoms with van der Waals surface area (Å²) in [6.07, 6.45) is 5.77. The quantitative estimate of drug-likeness (QED) is 0.275. The topological polar surface area (TPSA) is 87.0 Å². The zero-order valence-electron chi connectivity index (χ0n) is 17.2. The van der Waals surface area contributed by atoms with Gasteiger partial charge in [0.2, 0.25) is 0 Å². The number of allylic oxidation sites excluding steroid dienone is 2. The van der Waals surface area contributed by atoms with Gasteiger partial charge in [-0.3, -0.25) is 4.79 Å². The van der Waals surface area contributed by atoms with E-state index in [0.29, 0.717) is 25.2 Å². The molecule has 5 nitrogen and oxygen atoms in total. The van der Waals surface area contributed by atoms with Gasteiger partial charge in [-0.05, 0) is 55.2 Å². The van der Waals surface area contributed by atoms with Crippen LogP contribution in [0.15, 0.2) is 36.4 Å². The summed E-state index contributed by atoms with van der Waals surface area (Å²) in [6, 6.07) is 7.45. The normalized spacial score (nSPS) is 25.6. The van der Waals surface area contributed by atoms with Gasteiger partial charge >= 0.3 is 5.97 Å². The van der Waals surface area contributed by atoms with Crippen LogP contribution in [0, 0.1) is 17.8 Å². The highest BCUT2D eigenvalue weighted by atomic mass is 35.5. The molecule has 0 bridgehead atoms. The van der Waals surface area contributed by atoms with Gasteiger partial charge in [-0.2, -0.15) is 0 Å². The number of aliphatic hydroxyl groups excluding tert-OH is 2. The van der Waals surface area contributed by atoms with E-state index in [9.17, 15) is 15.0 Å². The summed E-state index contributed by atoms with van der Waals surface area (Å²) in [7, 11) is 0. The Labute approximate surface area is 178 Å². The minimum atomic E-state index is -0.777. The maximum Gasteiger partial charge on any atom is 0.303 e. The van der Waals surface area contributed by atoms with Crippen LogP contribution in [0.5, 0.6) is 5.75 Å². The van der Waals surface area contributed by atoms with Crippen LogP contribution < -0.4 is 4.74 Å². The van der Waals surface area contributed by atoms with Crippen molar-refractivity contribution in [2.45, 2.75) is 63.5 Å². The monoisotopic (exact) mass is 424 g/mol. The smallest absolute Gasteiger partial charge is 0.303 e. The Bertz CT molecular complexity index is 675. The van der Waals surface area contributed by atoms with Crippen molar-refractivity contribution in [2.24, 2.45) is 17.8 Å². The van der Waals surface area contributed by atoms with E-state index in [0.717, 1.165) is 18.4 Å². The highest BCUT2D eigenvalue weighted by molar-refractivity contribution is 6.21. The van der Waals surface area contributed by atoms with Gasteiger partial charge in [-0.25, -0.2) is 0 Å². The number of halogens is 1. The SMILES string of the molecule is CC(C)[C@@H](O)c1cccc(OC[C@@H]2C(C/C=C\CCCC(=O)O)[C@H](Cl)C[C@H]2O)c1. The van der Waals surface area contributed by atoms with E-state index in [1.54, 1.807) is 0 Å². The lowest BCUT2D eigenvalue weighted by Gasteiger charge is -2.23. The molecule has 5 atom stereocenters. The first-order chi connectivity index (χ1) is 13.8. The number of hydrogen-bond acceptors (Lipinski definition) is 4. The summed E-state index contributed by atoms with van der Waals surface area (Å²) in [5.74, 6) is 0.0490. The molecule has 0 aromatic heterocycles. The summed E-state index contributed by atoms with van der Waals surface area (Å²) >= 11 is 6.47. The molecular weight excluding hydrogens is 392 g/mol. The second kappa shape index (κ2) is 11.6. The molecule has 1 aliphatic carbocycles.